The Morgan fingerprint density at radius 3 is 1.90 bits per heavy atom. The molecule has 0 spiro atoms. The first-order valence-corrected chi connectivity index (χ1v) is 25.7. The number of esters is 1. The lowest BCUT2D eigenvalue weighted by molar-refractivity contribution is -0.894. The molecule has 1 unspecified atom stereocenters. The Kier molecular flexibility index (Phi) is 20.2. The SMILES string of the molecule is CC(=O)N[C@H]1[C@H](O[C@@H]2[C@H](OC(C)=O)[C@@H](NC(C)=O)[C@@H](O[P+](=O)[O-])O[C@@H]2COCc2ccccc2)O[C@@H]2CO[C@H](c3ccccc3)O[C@@H]2[C@@H]1O[Si](C)(C)C(C)(C)C.CC[NH+](CC)CC. The number of hydrogen-bond acceptors (Lipinski definition) is 14. The molecule has 17 nitrogen and oxygen atoms in total. The van der Waals surface area contributed by atoms with Crippen LogP contribution in [0, 0.1) is 0 Å². The Balaban J connectivity index is 0.00000115. The van der Waals surface area contributed by atoms with Crippen LogP contribution in [0.2, 0.25) is 18.1 Å². The molecule has 5 rings (SSSR count). The second-order valence-electron chi connectivity index (χ2n) is 17.4. The molecule has 2 aromatic rings. The predicted molar refractivity (Wildman–Crippen MR) is 232 cm³/mol. The molecule has 352 valence electrons. The lowest BCUT2D eigenvalue weighted by Crippen LogP contribution is -3.11. The summed E-state index contributed by atoms with van der Waals surface area (Å²) >= 11 is 0. The second-order valence-corrected chi connectivity index (χ2v) is 22.8. The average molecular weight is 923 g/mol. The summed E-state index contributed by atoms with van der Waals surface area (Å²) in [5, 5.41) is 5.32. The summed E-state index contributed by atoms with van der Waals surface area (Å²) in [6.45, 7) is 24.6. The van der Waals surface area contributed by atoms with Gasteiger partial charge in [0.05, 0.1) is 45.6 Å². The lowest BCUT2D eigenvalue weighted by Gasteiger charge is -2.53. The number of amides is 2. The number of nitrogens with one attached hydrogen (secondary N) is 3. The van der Waals surface area contributed by atoms with Gasteiger partial charge in [-0.2, -0.15) is 0 Å². The summed E-state index contributed by atoms with van der Waals surface area (Å²) in [5.74, 6) is -1.77. The van der Waals surface area contributed by atoms with E-state index in [1.54, 1.807) is 4.90 Å². The fraction of sp³-hybridized carbons (Fsp3) is 0.659. The van der Waals surface area contributed by atoms with Gasteiger partial charge in [-0.15, -0.1) is 4.52 Å². The van der Waals surface area contributed by atoms with Gasteiger partial charge in [0.1, 0.15) is 36.5 Å². The van der Waals surface area contributed by atoms with E-state index in [1.807, 2.05) is 60.7 Å². The van der Waals surface area contributed by atoms with Gasteiger partial charge in [0, 0.05) is 26.3 Å². The summed E-state index contributed by atoms with van der Waals surface area (Å²) in [6.07, 6.45) is -9.93. The molecule has 3 aliphatic rings. The number of rotatable bonds is 17. The third-order valence-corrected chi connectivity index (χ3v) is 16.6. The van der Waals surface area contributed by atoms with E-state index in [4.69, 9.17) is 42.1 Å². The van der Waals surface area contributed by atoms with Crippen LogP contribution in [0.4, 0.5) is 0 Å². The monoisotopic (exact) mass is 922 g/mol. The number of quaternary nitrogens is 1. The Bertz CT molecular complexity index is 1750. The Morgan fingerprint density at radius 2 is 1.40 bits per heavy atom. The third kappa shape index (κ3) is 15.2. The molecule has 0 bridgehead atoms. The Morgan fingerprint density at radius 1 is 0.825 bits per heavy atom. The number of carbonyl (C=O) groups excluding carboxylic acids is 3. The molecule has 3 fully saturated rings. The van der Waals surface area contributed by atoms with Crippen molar-refractivity contribution in [3.05, 3.63) is 71.8 Å². The maximum Gasteiger partial charge on any atom is 0.491 e. The van der Waals surface area contributed by atoms with Crippen molar-refractivity contribution in [2.75, 3.05) is 32.8 Å². The molecule has 3 saturated heterocycles. The highest BCUT2D eigenvalue weighted by Gasteiger charge is 2.58. The molecule has 0 aromatic heterocycles. The van der Waals surface area contributed by atoms with Crippen LogP contribution in [0.5, 0.6) is 0 Å². The highest BCUT2D eigenvalue weighted by atomic mass is 31.1. The summed E-state index contributed by atoms with van der Waals surface area (Å²) < 4.78 is 68.3. The Hall–Kier alpha value is -3.23. The molecule has 3 N–H and O–H groups in total. The zero-order chi connectivity index (χ0) is 46.5. The molecule has 3 aliphatic heterocycles. The maximum absolute atomic E-state index is 13.0. The summed E-state index contributed by atoms with van der Waals surface area (Å²) in [6, 6.07) is 16.3. The molecule has 3 heterocycles. The van der Waals surface area contributed by atoms with Crippen molar-refractivity contribution in [1.29, 1.82) is 0 Å². The molecule has 63 heavy (non-hydrogen) atoms. The topological polar surface area (TPSA) is 203 Å². The van der Waals surface area contributed by atoms with Gasteiger partial charge in [-0.25, -0.2) is 0 Å². The van der Waals surface area contributed by atoms with Crippen LogP contribution in [0.15, 0.2) is 60.7 Å². The summed E-state index contributed by atoms with van der Waals surface area (Å²) in [5.41, 5.74) is 1.63. The number of carbonyl (C=O) groups is 3. The molecule has 0 aliphatic carbocycles. The van der Waals surface area contributed by atoms with Crippen molar-refractivity contribution < 1.29 is 70.8 Å². The van der Waals surface area contributed by atoms with Crippen LogP contribution in [0.1, 0.15) is 79.7 Å². The van der Waals surface area contributed by atoms with E-state index in [1.165, 1.54) is 33.5 Å². The molecule has 12 atom stereocenters. The fourth-order valence-corrected chi connectivity index (χ4v) is 9.05. The van der Waals surface area contributed by atoms with Crippen LogP contribution >= 0.6 is 8.25 Å². The summed E-state index contributed by atoms with van der Waals surface area (Å²) in [4.78, 5) is 51.8. The Labute approximate surface area is 374 Å². The van der Waals surface area contributed by atoms with Gasteiger partial charge in [0.15, 0.2) is 27.0 Å². The van der Waals surface area contributed by atoms with Crippen molar-refractivity contribution in [1.82, 2.24) is 10.6 Å². The van der Waals surface area contributed by atoms with Gasteiger partial charge in [-0.1, -0.05) is 81.4 Å². The predicted octanol–water partition coefficient (Wildman–Crippen LogP) is 3.45. The molecule has 0 saturated carbocycles. The first kappa shape index (κ1) is 52.4. The number of ether oxygens (including phenoxy) is 7. The van der Waals surface area contributed by atoms with E-state index in [-0.39, 0.29) is 24.9 Å². The zero-order valence-electron chi connectivity index (χ0n) is 38.5. The van der Waals surface area contributed by atoms with E-state index >= 15 is 0 Å². The van der Waals surface area contributed by atoms with E-state index < -0.39 is 102 Å². The van der Waals surface area contributed by atoms with Gasteiger partial charge >= 0.3 is 14.2 Å². The highest BCUT2D eigenvalue weighted by Crippen LogP contribution is 2.43. The van der Waals surface area contributed by atoms with Gasteiger partial charge in [-0.3, -0.25) is 14.4 Å². The van der Waals surface area contributed by atoms with Gasteiger partial charge < -0.3 is 58.0 Å². The van der Waals surface area contributed by atoms with Gasteiger partial charge in [0.25, 0.3) is 0 Å². The third-order valence-electron chi connectivity index (χ3n) is 11.7. The quantitative estimate of drug-likeness (QED) is 0.118. The van der Waals surface area contributed by atoms with Crippen molar-refractivity contribution in [2.45, 2.75) is 155 Å². The van der Waals surface area contributed by atoms with Gasteiger partial charge in [0.2, 0.25) is 18.1 Å². The molecule has 19 heteroatoms. The molecule has 2 aromatic carbocycles. The minimum atomic E-state index is -3.50. The highest BCUT2D eigenvalue weighted by molar-refractivity contribution is 7.30. The van der Waals surface area contributed by atoms with Crippen LogP contribution in [0.3, 0.4) is 0 Å². The molecule has 0 radical (unpaired) electrons. The normalized spacial score (nSPS) is 28.8. The number of hydrogen-bond donors (Lipinski definition) is 3. The fourth-order valence-electron chi connectivity index (χ4n) is 7.38. The molecule has 2 amide bonds. The smallest absolute Gasteiger partial charge is 0.491 e. The summed E-state index contributed by atoms with van der Waals surface area (Å²) in [7, 11) is -6.12. The maximum atomic E-state index is 13.0. The first-order valence-electron chi connectivity index (χ1n) is 21.7. The average Bonchev–Trinajstić information content (AvgIpc) is 3.22. The van der Waals surface area contributed by atoms with Crippen LogP contribution in [-0.4, -0.2) is 120 Å². The van der Waals surface area contributed by atoms with Crippen LogP contribution in [0.25, 0.3) is 0 Å². The standard InChI is InChI=1S/C38H53N2O14PSi.C6H15N/c1-22(41)39-29-33(48-24(3)43)31(27(50-37(29)53-55(44)45)20-46-19-25-15-11-9-12-16-25)52-36-30(40-23(2)42)34(54-56(7,8)38(4,5)6)32-28(49-36)21-47-35(51-32)26-17-13-10-14-18-26;1-4-7(5-2)6-3/h9-18,27-37H,19-21H2,1-8H3,(H,39,41)(H,40,42);4-6H2,1-3H3/p+1/t27-,28-,29-,30-,31+,32+,33-,34-,35+,36+,37-;/m1./s1. The zero-order valence-corrected chi connectivity index (χ0v) is 40.4. The lowest BCUT2D eigenvalue weighted by atomic mass is 9.93. The largest absolute Gasteiger partial charge is 0.566 e. The minimum absolute atomic E-state index is 0.0629. The van der Waals surface area contributed by atoms with E-state index in [2.05, 4.69) is 65.3 Å². The second kappa shape index (κ2) is 24.3. The number of fused-ring (bicyclic) bond motifs is 1. The van der Waals surface area contributed by atoms with Crippen molar-refractivity contribution in [3.63, 3.8) is 0 Å². The number of benzene rings is 2. The minimum Gasteiger partial charge on any atom is -0.566 e. The van der Waals surface area contributed by atoms with Crippen LogP contribution < -0.4 is 20.4 Å². The van der Waals surface area contributed by atoms with E-state index in [9.17, 15) is 23.8 Å². The van der Waals surface area contributed by atoms with E-state index in [0.717, 1.165) is 18.1 Å². The van der Waals surface area contributed by atoms with Crippen molar-refractivity contribution >= 4 is 34.4 Å². The molecular weight excluding hydrogens is 854 g/mol. The van der Waals surface area contributed by atoms with E-state index in [0.29, 0.717) is 0 Å². The first-order chi connectivity index (χ1) is 29.8. The van der Waals surface area contributed by atoms with Crippen molar-refractivity contribution in [3.8, 4) is 0 Å². The van der Waals surface area contributed by atoms with Gasteiger partial charge in [-0.05, 0) is 49.0 Å². The molecular formula is C44H69N3O14PSi+. The van der Waals surface area contributed by atoms with Crippen LogP contribution in [-0.2, 0) is 67.7 Å². The van der Waals surface area contributed by atoms with Crippen molar-refractivity contribution in [2.24, 2.45) is 0 Å².